The molecule has 7 heteroatoms. The van der Waals surface area contributed by atoms with Gasteiger partial charge in [0.2, 0.25) is 0 Å². The van der Waals surface area contributed by atoms with E-state index in [9.17, 15) is 15.0 Å². The highest BCUT2D eigenvalue weighted by Crippen LogP contribution is 2.28. The molecule has 0 aliphatic carbocycles. The topological polar surface area (TPSA) is 112 Å². The number of pyridine rings is 1. The van der Waals surface area contributed by atoms with Crippen molar-refractivity contribution in [3.05, 3.63) is 28.7 Å². The minimum Gasteiger partial charge on any atom is -0.508 e. The summed E-state index contributed by atoms with van der Waals surface area (Å²) < 4.78 is 6.22. The molecule has 4 N–H and O–H groups in total. The van der Waals surface area contributed by atoms with Crippen LogP contribution in [-0.4, -0.2) is 49.9 Å². The number of rotatable bonds is 2. The van der Waals surface area contributed by atoms with Crippen molar-refractivity contribution in [1.29, 1.82) is 0 Å². The molecule has 0 saturated carbocycles. The van der Waals surface area contributed by atoms with Crippen LogP contribution in [0, 0.1) is 0 Å². The van der Waals surface area contributed by atoms with Crippen LogP contribution < -0.4 is 5.56 Å². The van der Waals surface area contributed by atoms with Gasteiger partial charge in [0.1, 0.15) is 24.1 Å². The highest BCUT2D eigenvalue weighted by Gasteiger charge is 2.43. The summed E-state index contributed by atoms with van der Waals surface area (Å²) in [6, 6.07) is 2.23. The van der Waals surface area contributed by atoms with Gasteiger partial charge in [-0.3, -0.25) is 9.36 Å². The first kappa shape index (κ1) is 12.1. The molecule has 0 aromatic carbocycles. The van der Waals surface area contributed by atoms with Gasteiger partial charge in [0.25, 0.3) is 5.56 Å². The molecule has 1 aromatic heterocycles. The molecule has 0 amide bonds. The van der Waals surface area contributed by atoms with E-state index in [0.717, 1.165) is 10.6 Å². The van der Waals surface area contributed by atoms with Gasteiger partial charge in [0, 0.05) is 12.3 Å². The fourth-order valence-electron chi connectivity index (χ4n) is 1.80. The van der Waals surface area contributed by atoms with Crippen LogP contribution in [-0.2, 0) is 4.74 Å². The molecule has 17 heavy (non-hydrogen) atoms. The highest BCUT2D eigenvalue weighted by atomic mass is 16.6. The molecule has 1 saturated heterocycles. The predicted molar refractivity (Wildman–Crippen MR) is 55.4 cm³/mol. The van der Waals surface area contributed by atoms with E-state index in [1.54, 1.807) is 0 Å². The molecule has 0 unspecified atom stereocenters. The summed E-state index contributed by atoms with van der Waals surface area (Å²) in [6.07, 6.45) is -3.33. The Hall–Kier alpha value is -1.41. The lowest BCUT2D eigenvalue weighted by Crippen LogP contribution is -2.35. The van der Waals surface area contributed by atoms with E-state index in [0.29, 0.717) is 0 Å². The molecule has 1 fully saturated rings. The summed E-state index contributed by atoms with van der Waals surface area (Å²) in [5.74, 6) is -0.196. The summed E-state index contributed by atoms with van der Waals surface area (Å²) >= 11 is 0. The van der Waals surface area contributed by atoms with E-state index < -0.39 is 36.7 Å². The number of ether oxygens (including phenoxy) is 1. The van der Waals surface area contributed by atoms with Gasteiger partial charge < -0.3 is 25.2 Å². The largest absolute Gasteiger partial charge is 0.508 e. The van der Waals surface area contributed by atoms with Crippen molar-refractivity contribution in [1.82, 2.24) is 4.57 Å². The second kappa shape index (κ2) is 4.46. The van der Waals surface area contributed by atoms with Crippen LogP contribution in [0.25, 0.3) is 0 Å². The zero-order valence-electron chi connectivity index (χ0n) is 8.80. The molecule has 0 radical (unpaired) electrons. The van der Waals surface area contributed by atoms with Crippen molar-refractivity contribution in [2.45, 2.75) is 24.5 Å². The van der Waals surface area contributed by atoms with Gasteiger partial charge in [0.05, 0.1) is 6.61 Å². The van der Waals surface area contributed by atoms with Crippen molar-refractivity contribution in [3.63, 3.8) is 0 Å². The first-order valence-electron chi connectivity index (χ1n) is 5.08. The zero-order chi connectivity index (χ0) is 12.6. The SMILES string of the molecule is O=c1cc(O)ccn1[C@@H]1O[C@H](CO)[C@H](O)[C@H]1O. The number of aromatic nitrogens is 1. The Morgan fingerprint density at radius 2 is 2.06 bits per heavy atom. The first-order chi connectivity index (χ1) is 8.04. The maximum absolute atomic E-state index is 11.5. The van der Waals surface area contributed by atoms with Gasteiger partial charge in [-0.15, -0.1) is 0 Å². The average molecular weight is 243 g/mol. The quantitative estimate of drug-likeness (QED) is 0.486. The minimum atomic E-state index is -1.31. The number of nitrogens with zero attached hydrogens (tertiary/aromatic N) is 1. The van der Waals surface area contributed by atoms with E-state index in [2.05, 4.69) is 0 Å². The highest BCUT2D eigenvalue weighted by molar-refractivity contribution is 5.16. The van der Waals surface area contributed by atoms with Crippen LogP contribution in [0.5, 0.6) is 5.75 Å². The van der Waals surface area contributed by atoms with Gasteiger partial charge in [0.15, 0.2) is 6.23 Å². The van der Waals surface area contributed by atoms with Gasteiger partial charge >= 0.3 is 0 Å². The Bertz CT molecular complexity index is 458. The molecule has 4 atom stereocenters. The molecule has 1 aliphatic rings. The van der Waals surface area contributed by atoms with Crippen molar-refractivity contribution in [3.8, 4) is 5.75 Å². The number of aliphatic hydroxyl groups is 3. The van der Waals surface area contributed by atoms with Crippen LogP contribution in [0.3, 0.4) is 0 Å². The molecular formula is C10H13NO6. The third-order valence-electron chi connectivity index (χ3n) is 2.72. The lowest BCUT2D eigenvalue weighted by atomic mass is 10.1. The zero-order valence-corrected chi connectivity index (χ0v) is 8.80. The van der Waals surface area contributed by atoms with Crippen LogP contribution in [0.15, 0.2) is 23.1 Å². The summed E-state index contributed by atoms with van der Waals surface area (Å²) in [6.45, 7) is -0.457. The third kappa shape index (κ3) is 2.05. The van der Waals surface area contributed by atoms with E-state index in [1.807, 2.05) is 0 Å². The number of aromatic hydroxyl groups is 1. The summed E-state index contributed by atoms with van der Waals surface area (Å²) in [7, 11) is 0. The van der Waals surface area contributed by atoms with Crippen molar-refractivity contribution in [2.24, 2.45) is 0 Å². The molecule has 2 rings (SSSR count). The summed E-state index contributed by atoms with van der Waals surface area (Å²) in [5.41, 5.74) is -0.570. The Morgan fingerprint density at radius 3 is 2.59 bits per heavy atom. The fourth-order valence-corrected chi connectivity index (χ4v) is 1.80. The second-order valence-corrected chi connectivity index (χ2v) is 3.86. The standard InChI is InChI=1S/C10H13NO6/c12-4-6-8(15)9(16)10(17-6)11-2-1-5(13)3-7(11)14/h1-3,6,8-10,12-13,15-16H,4H2/t6-,8+,9-,10-/m1/s1. The Labute approximate surface area is 96.1 Å². The molecule has 1 aliphatic heterocycles. The molecule has 2 heterocycles. The molecule has 1 aromatic rings. The fraction of sp³-hybridized carbons (Fsp3) is 0.500. The summed E-state index contributed by atoms with van der Waals surface area (Å²) in [4.78, 5) is 11.5. The molecule has 0 spiro atoms. The van der Waals surface area contributed by atoms with Gasteiger partial charge in [-0.05, 0) is 6.07 Å². The average Bonchev–Trinajstić information content (AvgIpc) is 2.57. The van der Waals surface area contributed by atoms with E-state index in [1.165, 1.54) is 12.3 Å². The minimum absolute atomic E-state index is 0.196. The van der Waals surface area contributed by atoms with Crippen molar-refractivity contribution >= 4 is 0 Å². The Kier molecular flexibility index (Phi) is 3.16. The van der Waals surface area contributed by atoms with Gasteiger partial charge in [-0.25, -0.2) is 0 Å². The number of aliphatic hydroxyl groups excluding tert-OH is 3. The van der Waals surface area contributed by atoms with Gasteiger partial charge in [-0.2, -0.15) is 0 Å². The third-order valence-corrected chi connectivity index (χ3v) is 2.72. The monoisotopic (exact) mass is 243 g/mol. The van der Waals surface area contributed by atoms with Crippen molar-refractivity contribution in [2.75, 3.05) is 6.61 Å². The van der Waals surface area contributed by atoms with Crippen LogP contribution in [0.4, 0.5) is 0 Å². The Morgan fingerprint density at radius 1 is 1.35 bits per heavy atom. The molecular weight excluding hydrogens is 230 g/mol. The van der Waals surface area contributed by atoms with E-state index >= 15 is 0 Å². The van der Waals surface area contributed by atoms with Crippen LogP contribution >= 0.6 is 0 Å². The van der Waals surface area contributed by atoms with E-state index in [4.69, 9.17) is 14.9 Å². The maximum Gasteiger partial charge on any atom is 0.256 e. The molecule has 7 nitrogen and oxygen atoms in total. The van der Waals surface area contributed by atoms with E-state index in [-0.39, 0.29) is 5.75 Å². The maximum atomic E-state index is 11.5. The smallest absolute Gasteiger partial charge is 0.256 e. The van der Waals surface area contributed by atoms with Crippen LogP contribution in [0.2, 0.25) is 0 Å². The van der Waals surface area contributed by atoms with Crippen molar-refractivity contribution < 1.29 is 25.2 Å². The lowest BCUT2D eigenvalue weighted by molar-refractivity contribution is -0.0544. The number of hydrogen-bond donors (Lipinski definition) is 4. The van der Waals surface area contributed by atoms with Crippen LogP contribution in [0.1, 0.15) is 6.23 Å². The second-order valence-electron chi connectivity index (χ2n) is 3.86. The lowest BCUT2D eigenvalue weighted by Gasteiger charge is -2.17. The normalized spacial score (nSPS) is 32.9. The molecule has 0 bridgehead atoms. The first-order valence-corrected chi connectivity index (χ1v) is 5.08. The van der Waals surface area contributed by atoms with Gasteiger partial charge in [-0.1, -0.05) is 0 Å². The Balaban J connectivity index is 2.32. The predicted octanol–water partition coefficient (Wildman–Crippen LogP) is -1.83. The summed E-state index contributed by atoms with van der Waals surface area (Å²) in [5, 5.41) is 37.2. The number of hydrogen-bond acceptors (Lipinski definition) is 6. The molecule has 94 valence electrons.